The highest BCUT2D eigenvalue weighted by Crippen LogP contribution is 2.33. The molecule has 0 aliphatic rings. The van der Waals surface area contributed by atoms with Crippen molar-refractivity contribution in [3.63, 3.8) is 0 Å². The molecule has 2 aromatic heterocycles. The van der Waals surface area contributed by atoms with Crippen molar-refractivity contribution in [1.82, 2.24) is 20.1 Å². The molecule has 178 valence electrons. The standard InChI is InChI=1S/C29H24N4O2S/c1-20-27(36-29(31-20)24-10-6-3-7-11-24)25-16-17-26(34)33(32-25)19-18-30-28(35)23-14-12-22(13-15-23)21-8-4-2-5-9-21/h2-17H,18-19H2,1H3,(H,30,35). The first-order valence-electron chi connectivity index (χ1n) is 11.6. The highest BCUT2D eigenvalue weighted by Gasteiger charge is 2.14. The maximum atomic E-state index is 12.6. The first-order valence-corrected chi connectivity index (χ1v) is 12.5. The van der Waals surface area contributed by atoms with Crippen LogP contribution in [0.2, 0.25) is 0 Å². The predicted octanol–water partition coefficient (Wildman–Crippen LogP) is 5.44. The molecule has 0 spiro atoms. The lowest BCUT2D eigenvalue weighted by atomic mass is 10.0. The molecule has 0 atom stereocenters. The summed E-state index contributed by atoms with van der Waals surface area (Å²) >= 11 is 1.55. The number of amides is 1. The monoisotopic (exact) mass is 492 g/mol. The van der Waals surface area contributed by atoms with Crippen molar-refractivity contribution in [1.29, 1.82) is 0 Å². The molecule has 1 N–H and O–H groups in total. The van der Waals surface area contributed by atoms with Crippen molar-refractivity contribution in [2.75, 3.05) is 6.54 Å². The molecule has 7 heteroatoms. The number of aryl methyl sites for hydroxylation is 1. The van der Waals surface area contributed by atoms with Gasteiger partial charge in [0.2, 0.25) is 0 Å². The molecule has 5 aromatic rings. The molecule has 0 aliphatic heterocycles. The Balaban J connectivity index is 1.25. The topological polar surface area (TPSA) is 76.9 Å². The predicted molar refractivity (Wildman–Crippen MR) is 144 cm³/mol. The molecule has 0 aliphatic carbocycles. The zero-order valence-corrected chi connectivity index (χ0v) is 20.5. The van der Waals surface area contributed by atoms with E-state index >= 15 is 0 Å². The van der Waals surface area contributed by atoms with Crippen LogP contribution in [0.4, 0.5) is 0 Å². The summed E-state index contributed by atoms with van der Waals surface area (Å²) in [5.74, 6) is -0.190. The van der Waals surface area contributed by atoms with Crippen molar-refractivity contribution >= 4 is 17.2 Å². The number of nitrogens with zero attached hydrogens (tertiary/aromatic N) is 3. The van der Waals surface area contributed by atoms with Gasteiger partial charge >= 0.3 is 0 Å². The third-order valence-electron chi connectivity index (χ3n) is 5.78. The Morgan fingerprint density at radius 1 is 0.833 bits per heavy atom. The first kappa shape index (κ1) is 23.4. The molecule has 3 aromatic carbocycles. The molecular weight excluding hydrogens is 468 g/mol. The van der Waals surface area contributed by atoms with Gasteiger partial charge < -0.3 is 5.32 Å². The summed E-state index contributed by atoms with van der Waals surface area (Å²) in [6.45, 7) is 2.50. The summed E-state index contributed by atoms with van der Waals surface area (Å²) in [6, 6.07) is 30.7. The second-order valence-corrected chi connectivity index (χ2v) is 9.28. The van der Waals surface area contributed by atoms with E-state index in [0.717, 1.165) is 32.3 Å². The van der Waals surface area contributed by atoms with E-state index in [-0.39, 0.29) is 24.6 Å². The average Bonchev–Trinajstić information content (AvgIpc) is 3.32. The number of hydrogen-bond donors (Lipinski definition) is 1. The minimum absolute atomic E-state index is 0.190. The van der Waals surface area contributed by atoms with Gasteiger partial charge in [-0.25, -0.2) is 9.67 Å². The SMILES string of the molecule is Cc1nc(-c2ccccc2)sc1-c1ccc(=O)n(CCNC(=O)c2ccc(-c3ccccc3)cc2)n1. The number of nitrogens with one attached hydrogen (secondary N) is 1. The Morgan fingerprint density at radius 3 is 2.17 bits per heavy atom. The zero-order valence-electron chi connectivity index (χ0n) is 19.7. The molecule has 1 amide bonds. The number of rotatable bonds is 7. The van der Waals surface area contributed by atoms with Crippen LogP contribution in [0.25, 0.3) is 32.3 Å². The van der Waals surface area contributed by atoms with Crippen molar-refractivity contribution in [3.8, 4) is 32.3 Å². The summed E-state index contributed by atoms with van der Waals surface area (Å²) in [6.07, 6.45) is 0. The Hall–Kier alpha value is -4.36. The Labute approximate surface area is 212 Å². The van der Waals surface area contributed by atoms with Gasteiger partial charge in [-0.15, -0.1) is 11.3 Å². The van der Waals surface area contributed by atoms with Gasteiger partial charge in [-0.2, -0.15) is 5.10 Å². The van der Waals surface area contributed by atoms with E-state index in [1.54, 1.807) is 29.5 Å². The lowest BCUT2D eigenvalue weighted by molar-refractivity contribution is 0.0952. The minimum Gasteiger partial charge on any atom is -0.350 e. The lowest BCUT2D eigenvalue weighted by Gasteiger charge is -2.09. The van der Waals surface area contributed by atoms with E-state index in [9.17, 15) is 9.59 Å². The van der Waals surface area contributed by atoms with E-state index in [1.807, 2.05) is 79.7 Å². The number of carbonyl (C=O) groups excluding carboxylic acids is 1. The lowest BCUT2D eigenvalue weighted by Crippen LogP contribution is -2.31. The van der Waals surface area contributed by atoms with Crippen molar-refractivity contribution in [2.24, 2.45) is 0 Å². The Kier molecular flexibility index (Phi) is 6.82. The number of carbonyl (C=O) groups is 1. The van der Waals surface area contributed by atoms with Gasteiger partial charge in [-0.3, -0.25) is 9.59 Å². The van der Waals surface area contributed by atoms with Crippen molar-refractivity contribution in [3.05, 3.63) is 119 Å². The molecule has 5 rings (SSSR count). The maximum absolute atomic E-state index is 12.6. The summed E-state index contributed by atoms with van der Waals surface area (Å²) in [4.78, 5) is 30.6. The van der Waals surface area contributed by atoms with Gasteiger partial charge in [0, 0.05) is 23.7 Å². The van der Waals surface area contributed by atoms with E-state index in [1.165, 1.54) is 10.7 Å². The second kappa shape index (κ2) is 10.5. The minimum atomic E-state index is -0.217. The quantitative estimate of drug-likeness (QED) is 0.328. The fraction of sp³-hybridized carbons (Fsp3) is 0.103. The molecule has 0 radical (unpaired) electrons. The highest BCUT2D eigenvalue weighted by molar-refractivity contribution is 7.18. The van der Waals surface area contributed by atoms with Crippen LogP contribution in [0, 0.1) is 6.92 Å². The van der Waals surface area contributed by atoms with Gasteiger partial charge in [-0.1, -0.05) is 72.8 Å². The second-order valence-electron chi connectivity index (χ2n) is 8.28. The van der Waals surface area contributed by atoms with E-state index in [2.05, 4.69) is 15.4 Å². The summed E-state index contributed by atoms with van der Waals surface area (Å²) in [5, 5.41) is 8.34. The summed E-state index contributed by atoms with van der Waals surface area (Å²) in [7, 11) is 0. The van der Waals surface area contributed by atoms with Gasteiger partial charge in [-0.05, 0) is 36.2 Å². The number of thiazole rings is 1. The molecule has 0 fully saturated rings. The molecular formula is C29H24N4O2S. The smallest absolute Gasteiger partial charge is 0.266 e. The zero-order chi connectivity index (χ0) is 24.9. The molecule has 0 bridgehead atoms. The van der Waals surface area contributed by atoms with Crippen LogP contribution in [0.15, 0.2) is 102 Å². The van der Waals surface area contributed by atoms with Gasteiger partial charge in [0.1, 0.15) is 10.7 Å². The number of hydrogen-bond acceptors (Lipinski definition) is 5. The molecule has 6 nitrogen and oxygen atoms in total. The fourth-order valence-electron chi connectivity index (χ4n) is 3.89. The van der Waals surface area contributed by atoms with Crippen LogP contribution < -0.4 is 10.9 Å². The van der Waals surface area contributed by atoms with Crippen molar-refractivity contribution in [2.45, 2.75) is 13.5 Å². The van der Waals surface area contributed by atoms with Crippen LogP contribution in [-0.4, -0.2) is 27.2 Å². The molecule has 0 unspecified atom stereocenters. The van der Waals surface area contributed by atoms with Gasteiger partial charge in [0.05, 0.1) is 17.1 Å². The number of benzene rings is 3. The van der Waals surface area contributed by atoms with E-state index < -0.39 is 0 Å². The van der Waals surface area contributed by atoms with Crippen LogP contribution >= 0.6 is 11.3 Å². The van der Waals surface area contributed by atoms with Gasteiger partial charge in [0.15, 0.2) is 0 Å². The maximum Gasteiger partial charge on any atom is 0.266 e. The summed E-state index contributed by atoms with van der Waals surface area (Å²) in [5.41, 5.74) is 5.10. The fourth-order valence-corrected chi connectivity index (χ4v) is 4.93. The van der Waals surface area contributed by atoms with Crippen LogP contribution in [-0.2, 0) is 6.54 Å². The number of aromatic nitrogens is 3. The van der Waals surface area contributed by atoms with Crippen LogP contribution in [0.3, 0.4) is 0 Å². The molecule has 0 saturated heterocycles. The normalized spacial score (nSPS) is 10.8. The van der Waals surface area contributed by atoms with Crippen LogP contribution in [0.5, 0.6) is 0 Å². The first-order chi connectivity index (χ1) is 17.6. The Morgan fingerprint density at radius 2 is 1.47 bits per heavy atom. The van der Waals surface area contributed by atoms with E-state index in [4.69, 9.17) is 0 Å². The third-order valence-corrected chi connectivity index (χ3v) is 7.01. The Bertz CT molecular complexity index is 1540. The highest BCUT2D eigenvalue weighted by atomic mass is 32.1. The molecule has 2 heterocycles. The van der Waals surface area contributed by atoms with E-state index in [0.29, 0.717) is 11.3 Å². The molecule has 0 saturated carbocycles. The average molecular weight is 493 g/mol. The van der Waals surface area contributed by atoms with Gasteiger partial charge in [0.25, 0.3) is 11.5 Å². The summed E-state index contributed by atoms with van der Waals surface area (Å²) < 4.78 is 1.38. The third kappa shape index (κ3) is 5.16. The largest absolute Gasteiger partial charge is 0.350 e. The van der Waals surface area contributed by atoms with Crippen molar-refractivity contribution < 1.29 is 4.79 Å². The molecule has 36 heavy (non-hydrogen) atoms. The van der Waals surface area contributed by atoms with Crippen LogP contribution in [0.1, 0.15) is 16.1 Å².